The molecule has 0 aliphatic carbocycles. The standard InChI is InChI=1S/C23H19F3N2O2S/c1-3-30-22(29)19-13-27-28(14(19)2)20-9-5-7-16-12-18(31-21(16)20)11-15-6-4-8-17(10-15)23(24,25)26/h4-10,12-13H,3,11H2,1-2H3. The number of aromatic nitrogens is 2. The van der Waals surface area contributed by atoms with Gasteiger partial charge in [-0.1, -0.05) is 30.3 Å². The number of nitrogens with zero attached hydrogens (tertiary/aromatic N) is 2. The fourth-order valence-corrected chi connectivity index (χ4v) is 4.67. The largest absolute Gasteiger partial charge is 0.462 e. The van der Waals surface area contributed by atoms with Gasteiger partial charge in [0.25, 0.3) is 0 Å². The number of hydrogen-bond donors (Lipinski definition) is 0. The molecular weight excluding hydrogens is 425 g/mol. The average Bonchev–Trinajstić information content (AvgIpc) is 3.30. The number of rotatable bonds is 5. The van der Waals surface area contributed by atoms with Gasteiger partial charge in [-0.2, -0.15) is 18.3 Å². The summed E-state index contributed by atoms with van der Waals surface area (Å²) < 4.78 is 46.8. The third-order valence-electron chi connectivity index (χ3n) is 4.94. The summed E-state index contributed by atoms with van der Waals surface area (Å²) in [6.07, 6.45) is -2.48. The number of carbonyl (C=O) groups excluding carboxylic acids is 1. The zero-order valence-corrected chi connectivity index (χ0v) is 17.7. The van der Waals surface area contributed by atoms with Gasteiger partial charge >= 0.3 is 12.1 Å². The Morgan fingerprint density at radius 3 is 2.68 bits per heavy atom. The fourth-order valence-electron chi connectivity index (χ4n) is 3.48. The molecular formula is C23H19F3N2O2S. The molecule has 0 radical (unpaired) electrons. The van der Waals surface area contributed by atoms with Gasteiger partial charge in [0.2, 0.25) is 0 Å². The summed E-state index contributed by atoms with van der Waals surface area (Å²) in [5, 5.41) is 5.34. The maximum absolute atomic E-state index is 13.0. The Labute approximate surface area is 180 Å². The Balaban J connectivity index is 1.70. The van der Waals surface area contributed by atoms with Crippen molar-refractivity contribution in [3.8, 4) is 5.69 Å². The number of hydrogen-bond acceptors (Lipinski definition) is 4. The SMILES string of the molecule is CCOC(=O)c1cnn(-c2cccc3cc(Cc4cccc(C(F)(F)F)c4)sc23)c1C. The van der Waals surface area contributed by atoms with Crippen LogP contribution < -0.4 is 0 Å². The molecule has 8 heteroatoms. The molecule has 0 bridgehead atoms. The Morgan fingerprint density at radius 1 is 1.16 bits per heavy atom. The molecule has 4 rings (SSSR count). The van der Waals surface area contributed by atoms with Crippen molar-refractivity contribution < 1.29 is 22.7 Å². The lowest BCUT2D eigenvalue weighted by atomic mass is 10.1. The van der Waals surface area contributed by atoms with Crippen LogP contribution in [-0.2, 0) is 17.3 Å². The van der Waals surface area contributed by atoms with Crippen LogP contribution in [0.2, 0.25) is 0 Å². The summed E-state index contributed by atoms with van der Waals surface area (Å²) in [5.74, 6) is -0.421. The molecule has 0 amide bonds. The van der Waals surface area contributed by atoms with Crippen LogP contribution in [0.5, 0.6) is 0 Å². The third-order valence-corrected chi connectivity index (χ3v) is 6.11. The van der Waals surface area contributed by atoms with Gasteiger partial charge in [0.15, 0.2) is 0 Å². The van der Waals surface area contributed by atoms with Gasteiger partial charge < -0.3 is 4.74 Å². The highest BCUT2D eigenvalue weighted by Crippen LogP contribution is 2.34. The second-order valence-electron chi connectivity index (χ2n) is 7.06. The van der Waals surface area contributed by atoms with Crippen molar-refractivity contribution in [1.82, 2.24) is 9.78 Å². The Morgan fingerprint density at radius 2 is 1.94 bits per heavy atom. The van der Waals surface area contributed by atoms with E-state index in [9.17, 15) is 18.0 Å². The number of alkyl halides is 3. The normalized spacial score (nSPS) is 11.8. The molecule has 0 saturated heterocycles. The first-order valence-corrected chi connectivity index (χ1v) is 10.5. The van der Waals surface area contributed by atoms with Crippen molar-refractivity contribution in [3.05, 3.63) is 82.0 Å². The third kappa shape index (κ3) is 4.20. The van der Waals surface area contributed by atoms with Crippen LogP contribution in [0.1, 0.15) is 39.0 Å². The van der Waals surface area contributed by atoms with Crippen LogP contribution in [0.3, 0.4) is 0 Å². The van der Waals surface area contributed by atoms with E-state index in [2.05, 4.69) is 5.10 Å². The van der Waals surface area contributed by atoms with Crippen LogP contribution in [0.4, 0.5) is 13.2 Å². The summed E-state index contributed by atoms with van der Waals surface area (Å²) in [7, 11) is 0. The fraction of sp³-hybridized carbons (Fsp3) is 0.217. The van der Waals surface area contributed by atoms with Crippen LogP contribution in [0.25, 0.3) is 15.8 Å². The molecule has 4 nitrogen and oxygen atoms in total. The molecule has 31 heavy (non-hydrogen) atoms. The summed E-state index contributed by atoms with van der Waals surface area (Å²) in [5.41, 5.74) is 1.83. The molecule has 0 fully saturated rings. The first-order chi connectivity index (χ1) is 14.8. The molecule has 160 valence electrons. The van der Waals surface area contributed by atoms with Gasteiger partial charge in [0, 0.05) is 11.3 Å². The molecule has 0 atom stereocenters. The molecule has 2 aromatic heterocycles. The number of carbonyl (C=O) groups is 1. The lowest BCUT2D eigenvalue weighted by Gasteiger charge is -2.08. The van der Waals surface area contributed by atoms with E-state index in [1.807, 2.05) is 24.3 Å². The summed E-state index contributed by atoms with van der Waals surface area (Å²) in [6, 6.07) is 13.1. The topological polar surface area (TPSA) is 44.1 Å². The van der Waals surface area contributed by atoms with Crippen molar-refractivity contribution in [1.29, 1.82) is 0 Å². The Kier molecular flexibility index (Phi) is 5.58. The van der Waals surface area contributed by atoms with E-state index in [-0.39, 0.29) is 6.61 Å². The van der Waals surface area contributed by atoms with E-state index >= 15 is 0 Å². The number of fused-ring (bicyclic) bond motifs is 1. The maximum Gasteiger partial charge on any atom is 0.416 e. The van der Waals surface area contributed by atoms with Crippen LogP contribution in [0.15, 0.2) is 54.7 Å². The zero-order valence-electron chi connectivity index (χ0n) is 16.9. The number of benzene rings is 2. The number of esters is 1. The van der Waals surface area contributed by atoms with Crippen LogP contribution in [-0.4, -0.2) is 22.4 Å². The smallest absolute Gasteiger partial charge is 0.416 e. The highest BCUT2D eigenvalue weighted by molar-refractivity contribution is 7.19. The summed E-state index contributed by atoms with van der Waals surface area (Å²) in [4.78, 5) is 13.1. The van der Waals surface area contributed by atoms with Crippen molar-refractivity contribution in [2.45, 2.75) is 26.4 Å². The first-order valence-electron chi connectivity index (χ1n) is 9.67. The quantitative estimate of drug-likeness (QED) is 0.345. The highest BCUT2D eigenvalue weighted by atomic mass is 32.1. The molecule has 0 aliphatic rings. The number of halogens is 3. The molecule has 2 aromatic carbocycles. The summed E-state index contributed by atoms with van der Waals surface area (Å²) >= 11 is 1.51. The van der Waals surface area contributed by atoms with Gasteiger partial charge in [0.1, 0.15) is 5.56 Å². The molecule has 2 heterocycles. The number of thiophene rings is 1. The van der Waals surface area contributed by atoms with Gasteiger partial charge in [-0.15, -0.1) is 11.3 Å². The second-order valence-corrected chi connectivity index (χ2v) is 8.20. The molecule has 4 aromatic rings. The van der Waals surface area contributed by atoms with E-state index < -0.39 is 17.7 Å². The minimum atomic E-state index is -4.36. The van der Waals surface area contributed by atoms with E-state index in [1.165, 1.54) is 29.7 Å². The monoisotopic (exact) mass is 444 g/mol. The molecule has 0 aliphatic heterocycles. The van der Waals surface area contributed by atoms with Crippen molar-refractivity contribution in [2.24, 2.45) is 0 Å². The minimum absolute atomic E-state index is 0.281. The number of ether oxygens (including phenoxy) is 1. The van der Waals surface area contributed by atoms with Gasteiger partial charge in [-0.05, 0) is 43.0 Å². The minimum Gasteiger partial charge on any atom is -0.462 e. The lowest BCUT2D eigenvalue weighted by Crippen LogP contribution is -2.06. The average molecular weight is 444 g/mol. The lowest BCUT2D eigenvalue weighted by molar-refractivity contribution is -0.137. The van der Waals surface area contributed by atoms with E-state index in [0.717, 1.165) is 26.7 Å². The molecule has 0 saturated carbocycles. The molecule has 0 unspecified atom stereocenters. The Hall–Kier alpha value is -3.13. The first kappa shape index (κ1) is 21.1. The van der Waals surface area contributed by atoms with E-state index in [0.29, 0.717) is 23.2 Å². The Bertz CT molecular complexity index is 1260. The molecule has 0 spiro atoms. The van der Waals surface area contributed by atoms with Gasteiger partial charge in [-0.3, -0.25) is 0 Å². The van der Waals surface area contributed by atoms with E-state index in [1.54, 1.807) is 24.6 Å². The van der Waals surface area contributed by atoms with E-state index in [4.69, 9.17) is 4.74 Å². The zero-order chi connectivity index (χ0) is 22.2. The molecule has 0 N–H and O–H groups in total. The second kappa shape index (κ2) is 8.19. The van der Waals surface area contributed by atoms with Crippen molar-refractivity contribution >= 4 is 27.4 Å². The summed E-state index contributed by atoms with van der Waals surface area (Å²) in [6.45, 7) is 3.83. The highest BCUT2D eigenvalue weighted by Gasteiger charge is 2.30. The van der Waals surface area contributed by atoms with Crippen LogP contribution in [0, 0.1) is 6.92 Å². The van der Waals surface area contributed by atoms with Crippen molar-refractivity contribution in [2.75, 3.05) is 6.61 Å². The predicted octanol–water partition coefficient (Wildman–Crippen LogP) is 6.18. The van der Waals surface area contributed by atoms with Gasteiger partial charge in [0.05, 0.1) is 34.4 Å². The van der Waals surface area contributed by atoms with Crippen molar-refractivity contribution in [3.63, 3.8) is 0 Å². The predicted molar refractivity (Wildman–Crippen MR) is 114 cm³/mol. The maximum atomic E-state index is 13.0. The van der Waals surface area contributed by atoms with Crippen LogP contribution >= 0.6 is 11.3 Å². The van der Waals surface area contributed by atoms with Gasteiger partial charge in [-0.25, -0.2) is 9.48 Å².